The van der Waals surface area contributed by atoms with E-state index in [1.165, 1.54) is 0 Å². The number of sulfonamides is 1. The van der Waals surface area contributed by atoms with E-state index in [-0.39, 0.29) is 6.09 Å². The van der Waals surface area contributed by atoms with Gasteiger partial charge >= 0.3 is 6.09 Å². The first kappa shape index (κ1) is 21.4. The molecule has 8 heteroatoms. The average Bonchev–Trinajstić information content (AvgIpc) is 2.74. The van der Waals surface area contributed by atoms with E-state index in [1.54, 1.807) is 25.7 Å². The van der Waals surface area contributed by atoms with Gasteiger partial charge < -0.3 is 9.64 Å². The summed E-state index contributed by atoms with van der Waals surface area (Å²) in [6.07, 6.45) is 0.569. The lowest BCUT2D eigenvalue weighted by Crippen LogP contribution is -2.56. The van der Waals surface area contributed by atoms with Gasteiger partial charge in [0.2, 0.25) is 10.0 Å². The number of alkyl halides is 1. The fourth-order valence-corrected chi connectivity index (χ4v) is 4.78. The van der Waals surface area contributed by atoms with Crippen LogP contribution in [-0.4, -0.2) is 55.1 Å². The Kier molecular flexibility index (Phi) is 5.71. The number of rotatable bonds is 2. The number of carbonyl (C=O) groups is 1. The molecule has 0 radical (unpaired) electrons. The Balaban J connectivity index is 2.09. The summed E-state index contributed by atoms with van der Waals surface area (Å²) in [5, 5.41) is 0. The third kappa shape index (κ3) is 4.50. The van der Waals surface area contributed by atoms with E-state index in [2.05, 4.69) is 4.72 Å². The van der Waals surface area contributed by atoms with Crippen molar-refractivity contribution in [2.45, 2.75) is 89.8 Å². The number of hydrogen-bond acceptors (Lipinski definition) is 4. The monoisotopic (exact) mass is 392 g/mol. The molecule has 1 heterocycles. The van der Waals surface area contributed by atoms with Crippen LogP contribution in [-0.2, 0) is 14.8 Å². The number of likely N-dealkylation sites (tertiary alicyclic amines) is 1. The molecule has 2 atom stereocenters. The van der Waals surface area contributed by atoms with Crippen LogP contribution in [0.15, 0.2) is 0 Å². The van der Waals surface area contributed by atoms with Crippen LogP contribution >= 0.6 is 0 Å². The maximum absolute atomic E-state index is 14.6. The fourth-order valence-electron chi connectivity index (χ4n) is 3.70. The molecule has 1 saturated heterocycles. The Morgan fingerprint density at radius 1 is 1.12 bits per heavy atom. The van der Waals surface area contributed by atoms with Gasteiger partial charge in [-0.25, -0.2) is 22.3 Å². The van der Waals surface area contributed by atoms with Crippen LogP contribution in [0.2, 0.25) is 0 Å². The number of halogens is 1. The third-order valence-corrected chi connectivity index (χ3v) is 7.62. The Labute approximate surface area is 156 Å². The minimum Gasteiger partial charge on any atom is -0.444 e. The van der Waals surface area contributed by atoms with Crippen LogP contribution in [0.1, 0.15) is 67.2 Å². The predicted molar refractivity (Wildman–Crippen MR) is 99.2 cm³/mol. The SMILES string of the molecule is CC(C)(C)OC(=O)N1CCC2(CCC(F)C2NS(=O)(=O)C(C)(C)C)CC1. The molecule has 1 N–H and O–H groups in total. The van der Waals surface area contributed by atoms with Crippen LogP contribution in [0.25, 0.3) is 0 Å². The number of nitrogens with one attached hydrogen (secondary N) is 1. The van der Waals surface area contributed by atoms with E-state index < -0.39 is 38.0 Å². The second-order valence-electron chi connectivity index (χ2n) is 9.60. The van der Waals surface area contributed by atoms with Gasteiger partial charge in [0.25, 0.3) is 0 Å². The van der Waals surface area contributed by atoms with Crippen molar-refractivity contribution in [1.29, 1.82) is 0 Å². The standard InChI is InChI=1S/C18H33FN2O4S/c1-16(2,3)25-15(22)21-11-9-18(10-12-21)8-7-13(19)14(18)20-26(23,24)17(4,5)6/h13-14,20H,7-12H2,1-6H3. The van der Waals surface area contributed by atoms with E-state index in [1.807, 2.05) is 20.8 Å². The molecule has 1 aliphatic heterocycles. The highest BCUT2D eigenvalue weighted by Gasteiger charge is 2.53. The van der Waals surface area contributed by atoms with Crippen molar-refractivity contribution >= 4 is 16.1 Å². The second-order valence-corrected chi connectivity index (χ2v) is 12.1. The Hall–Kier alpha value is -0.890. The Morgan fingerprint density at radius 3 is 2.12 bits per heavy atom. The number of piperidine rings is 1. The highest BCUT2D eigenvalue weighted by atomic mass is 32.2. The van der Waals surface area contributed by atoms with Gasteiger partial charge in [0.1, 0.15) is 11.8 Å². The molecule has 2 unspecified atom stereocenters. The van der Waals surface area contributed by atoms with Crippen molar-refractivity contribution in [3.8, 4) is 0 Å². The topological polar surface area (TPSA) is 75.7 Å². The van der Waals surface area contributed by atoms with Gasteiger partial charge in [-0.3, -0.25) is 0 Å². The van der Waals surface area contributed by atoms with Crippen molar-refractivity contribution in [2.75, 3.05) is 13.1 Å². The Morgan fingerprint density at radius 2 is 1.65 bits per heavy atom. The summed E-state index contributed by atoms with van der Waals surface area (Å²) in [4.78, 5) is 13.9. The largest absolute Gasteiger partial charge is 0.444 e. The van der Waals surface area contributed by atoms with Gasteiger partial charge in [-0.1, -0.05) is 0 Å². The molecule has 2 aliphatic rings. The number of hydrogen-bond donors (Lipinski definition) is 1. The lowest BCUT2D eigenvalue weighted by molar-refractivity contribution is 0.00681. The first-order chi connectivity index (χ1) is 11.7. The first-order valence-corrected chi connectivity index (χ1v) is 10.8. The van der Waals surface area contributed by atoms with Gasteiger partial charge in [-0.15, -0.1) is 0 Å². The molecule has 6 nitrogen and oxygen atoms in total. The quantitative estimate of drug-likeness (QED) is 0.783. The van der Waals surface area contributed by atoms with Crippen LogP contribution in [0.4, 0.5) is 9.18 Å². The average molecular weight is 393 g/mol. The van der Waals surface area contributed by atoms with Crippen LogP contribution in [0, 0.1) is 5.41 Å². The number of ether oxygens (including phenoxy) is 1. The molecule has 152 valence electrons. The van der Waals surface area contributed by atoms with E-state index in [0.717, 1.165) is 0 Å². The van der Waals surface area contributed by atoms with E-state index in [4.69, 9.17) is 4.74 Å². The van der Waals surface area contributed by atoms with Gasteiger partial charge in [-0.05, 0) is 72.6 Å². The molecule has 26 heavy (non-hydrogen) atoms. The maximum atomic E-state index is 14.6. The molecule has 2 fully saturated rings. The maximum Gasteiger partial charge on any atom is 0.410 e. The summed E-state index contributed by atoms with van der Waals surface area (Å²) in [5.74, 6) is 0. The molecular weight excluding hydrogens is 359 g/mol. The second kappa shape index (κ2) is 6.93. The minimum atomic E-state index is -3.64. The number of amides is 1. The number of carbonyl (C=O) groups excluding carboxylic acids is 1. The molecule has 1 amide bonds. The van der Waals surface area contributed by atoms with Crippen molar-refractivity contribution in [3.63, 3.8) is 0 Å². The molecule has 0 aromatic heterocycles. The highest BCUT2D eigenvalue weighted by molar-refractivity contribution is 7.90. The molecule has 1 saturated carbocycles. The predicted octanol–water partition coefficient (Wildman–Crippen LogP) is 3.22. The van der Waals surface area contributed by atoms with E-state index in [0.29, 0.717) is 38.8 Å². The summed E-state index contributed by atoms with van der Waals surface area (Å²) < 4.78 is 46.7. The fraction of sp³-hybridized carbons (Fsp3) is 0.944. The Bertz CT molecular complexity index is 629. The first-order valence-electron chi connectivity index (χ1n) is 9.31. The number of nitrogens with zero attached hydrogens (tertiary/aromatic N) is 1. The molecule has 1 aliphatic carbocycles. The normalized spacial score (nSPS) is 27.0. The highest BCUT2D eigenvalue weighted by Crippen LogP contribution is 2.48. The van der Waals surface area contributed by atoms with Gasteiger partial charge in [-0.2, -0.15) is 0 Å². The van der Waals surface area contributed by atoms with Crippen molar-refractivity contribution in [3.05, 3.63) is 0 Å². The van der Waals surface area contributed by atoms with Crippen molar-refractivity contribution in [1.82, 2.24) is 9.62 Å². The zero-order valence-corrected chi connectivity index (χ0v) is 17.6. The van der Waals surface area contributed by atoms with E-state index in [9.17, 15) is 17.6 Å². The van der Waals surface area contributed by atoms with Gasteiger partial charge in [0, 0.05) is 13.1 Å². The lowest BCUT2D eigenvalue weighted by Gasteiger charge is -2.44. The smallest absolute Gasteiger partial charge is 0.410 e. The zero-order chi connectivity index (χ0) is 20.0. The van der Waals surface area contributed by atoms with Crippen LogP contribution < -0.4 is 4.72 Å². The van der Waals surface area contributed by atoms with Crippen molar-refractivity contribution in [2.24, 2.45) is 5.41 Å². The van der Waals surface area contributed by atoms with E-state index >= 15 is 0 Å². The zero-order valence-electron chi connectivity index (χ0n) is 16.8. The summed E-state index contributed by atoms with van der Waals surface area (Å²) >= 11 is 0. The third-order valence-electron chi connectivity index (χ3n) is 5.44. The lowest BCUT2D eigenvalue weighted by atomic mass is 9.74. The molecule has 2 rings (SSSR count). The van der Waals surface area contributed by atoms with Crippen molar-refractivity contribution < 1.29 is 22.3 Å². The molecule has 0 aromatic carbocycles. The molecule has 0 bridgehead atoms. The summed E-state index contributed by atoms with van der Waals surface area (Å²) in [5.41, 5.74) is -0.995. The van der Waals surface area contributed by atoms with Gasteiger partial charge in [0.15, 0.2) is 0 Å². The minimum absolute atomic E-state index is 0.351. The molecule has 0 aromatic rings. The van der Waals surface area contributed by atoms with Gasteiger partial charge in [0.05, 0.1) is 10.8 Å². The van der Waals surface area contributed by atoms with Crippen LogP contribution in [0.3, 0.4) is 0 Å². The van der Waals surface area contributed by atoms with Crippen LogP contribution in [0.5, 0.6) is 0 Å². The summed E-state index contributed by atoms with van der Waals surface area (Å²) in [6.45, 7) is 11.2. The summed E-state index contributed by atoms with van der Waals surface area (Å²) in [6, 6.07) is -0.729. The molecular formula is C18H33FN2O4S. The molecule has 1 spiro atoms. The summed E-state index contributed by atoms with van der Waals surface area (Å²) in [7, 11) is -3.64.